The largest absolute Gasteiger partial charge is 0.378 e. The predicted octanol–water partition coefficient (Wildman–Crippen LogP) is 2.01. The number of nitrogens with one attached hydrogen (secondary N) is 1. The van der Waals surface area contributed by atoms with Crippen molar-refractivity contribution in [3.05, 3.63) is 76.3 Å². The number of carbonyl (C=O) groups is 1. The van der Waals surface area contributed by atoms with E-state index in [1.807, 2.05) is 13.0 Å². The number of likely N-dealkylation sites (N-methyl/N-ethyl adjacent to an activating group) is 1. The SMILES string of the molecule is CCN(Cc1nc2ccccc2c(=O)[nH]1)C(=O)C(O)c1ccccc1. The molecule has 2 N–H and O–H groups in total. The number of amides is 1. The van der Waals surface area contributed by atoms with Crippen molar-refractivity contribution >= 4 is 16.8 Å². The van der Waals surface area contributed by atoms with Crippen LogP contribution in [-0.4, -0.2) is 32.4 Å². The summed E-state index contributed by atoms with van der Waals surface area (Å²) in [4.78, 5) is 33.3. The number of aromatic amines is 1. The van der Waals surface area contributed by atoms with E-state index in [0.717, 1.165) is 0 Å². The molecule has 0 bridgehead atoms. The van der Waals surface area contributed by atoms with Gasteiger partial charge >= 0.3 is 0 Å². The van der Waals surface area contributed by atoms with Gasteiger partial charge in [0.05, 0.1) is 17.4 Å². The Hall–Kier alpha value is -2.99. The van der Waals surface area contributed by atoms with Gasteiger partial charge in [0.1, 0.15) is 5.82 Å². The second-order valence-electron chi connectivity index (χ2n) is 5.70. The number of H-pyrrole nitrogens is 1. The quantitative estimate of drug-likeness (QED) is 0.746. The lowest BCUT2D eigenvalue weighted by atomic mass is 10.1. The Morgan fingerprint density at radius 2 is 1.84 bits per heavy atom. The third-order valence-electron chi connectivity index (χ3n) is 4.05. The van der Waals surface area contributed by atoms with Crippen LogP contribution < -0.4 is 5.56 Å². The summed E-state index contributed by atoms with van der Waals surface area (Å²) < 4.78 is 0. The number of benzene rings is 2. The number of aliphatic hydroxyl groups excluding tert-OH is 1. The number of aliphatic hydroxyl groups is 1. The summed E-state index contributed by atoms with van der Waals surface area (Å²) in [6, 6.07) is 15.8. The van der Waals surface area contributed by atoms with Crippen molar-refractivity contribution in [2.75, 3.05) is 6.54 Å². The van der Waals surface area contributed by atoms with Crippen molar-refractivity contribution in [1.82, 2.24) is 14.9 Å². The molecule has 0 spiro atoms. The fourth-order valence-electron chi connectivity index (χ4n) is 2.69. The highest BCUT2D eigenvalue weighted by Crippen LogP contribution is 2.16. The zero-order valence-corrected chi connectivity index (χ0v) is 13.8. The lowest BCUT2D eigenvalue weighted by Gasteiger charge is -2.23. The highest BCUT2D eigenvalue weighted by molar-refractivity contribution is 5.82. The molecule has 0 aliphatic rings. The van der Waals surface area contributed by atoms with E-state index in [1.54, 1.807) is 48.5 Å². The Balaban J connectivity index is 1.85. The van der Waals surface area contributed by atoms with Crippen LogP contribution in [0, 0.1) is 0 Å². The van der Waals surface area contributed by atoms with E-state index in [2.05, 4.69) is 9.97 Å². The summed E-state index contributed by atoms with van der Waals surface area (Å²) in [7, 11) is 0. The third-order valence-corrected chi connectivity index (χ3v) is 4.05. The van der Waals surface area contributed by atoms with Gasteiger partial charge in [-0.1, -0.05) is 42.5 Å². The molecule has 0 saturated carbocycles. The molecule has 0 aliphatic heterocycles. The number of carbonyl (C=O) groups excluding carboxylic acids is 1. The number of hydrogen-bond donors (Lipinski definition) is 2. The summed E-state index contributed by atoms with van der Waals surface area (Å²) in [5, 5.41) is 10.8. The van der Waals surface area contributed by atoms with Crippen LogP contribution in [0.5, 0.6) is 0 Å². The Morgan fingerprint density at radius 3 is 2.56 bits per heavy atom. The fraction of sp³-hybridized carbons (Fsp3) is 0.211. The van der Waals surface area contributed by atoms with Crippen LogP contribution in [0.3, 0.4) is 0 Å². The molecule has 1 atom stereocenters. The van der Waals surface area contributed by atoms with Gasteiger partial charge in [-0.25, -0.2) is 4.98 Å². The van der Waals surface area contributed by atoms with Crippen LogP contribution >= 0.6 is 0 Å². The molecule has 1 aromatic heterocycles. The second-order valence-corrected chi connectivity index (χ2v) is 5.70. The number of rotatable bonds is 5. The molecule has 3 rings (SSSR count). The van der Waals surface area contributed by atoms with Gasteiger partial charge in [0, 0.05) is 6.54 Å². The molecular formula is C19H19N3O3. The maximum Gasteiger partial charge on any atom is 0.258 e. The van der Waals surface area contributed by atoms with Crippen molar-refractivity contribution in [1.29, 1.82) is 0 Å². The average Bonchev–Trinajstić information content (AvgIpc) is 2.65. The zero-order chi connectivity index (χ0) is 17.8. The van der Waals surface area contributed by atoms with Crippen LogP contribution in [0.4, 0.5) is 0 Å². The summed E-state index contributed by atoms with van der Waals surface area (Å²) in [5.74, 6) is -0.0383. The number of para-hydroxylation sites is 1. The minimum Gasteiger partial charge on any atom is -0.378 e. The van der Waals surface area contributed by atoms with Gasteiger partial charge in [-0.3, -0.25) is 9.59 Å². The topological polar surface area (TPSA) is 86.3 Å². The van der Waals surface area contributed by atoms with E-state index in [0.29, 0.717) is 28.8 Å². The van der Waals surface area contributed by atoms with Crippen molar-refractivity contribution in [3.8, 4) is 0 Å². The van der Waals surface area contributed by atoms with E-state index < -0.39 is 12.0 Å². The zero-order valence-electron chi connectivity index (χ0n) is 13.8. The molecule has 1 heterocycles. The maximum absolute atomic E-state index is 12.6. The van der Waals surface area contributed by atoms with Gasteiger partial charge in [0.2, 0.25) is 0 Å². The van der Waals surface area contributed by atoms with Crippen LogP contribution in [-0.2, 0) is 11.3 Å². The molecule has 1 amide bonds. The second kappa shape index (κ2) is 7.27. The van der Waals surface area contributed by atoms with Crippen LogP contribution in [0.1, 0.15) is 24.4 Å². The van der Waals surface area contributed by atoms with Gasteiger partial charge in [-0.05, 0) is 24.6 Å². The summed E-state index contributed by atoms with van der Waals surface area (Å²) >= 11 is 0. The molecular weight excluding hydrogens is 318 g/mol. The van der Waals surface area contributed by atoms with Gasteiger partial charge in [0.25, 0.3) is 11.5 Å². The van der Waals surface area contributed by atoms with E-state index >= 15 is 0 Å². The molecule has 0 aliphatic carbocycles. The van der Waals surface area contributed by atoms with Gasteiger partial charge in [-0.15, -0.1) is 0 Å². The molecule has 0 radical (unpaired) electrons. The Labute approximate surface area is 144 Å². The molecule has 128 valence electrons. The molecule has 6 nitrogen and oxygen atoms in total. The number of nitrogens with zero attached hydrogens (tertiary/aromatic N) is 2. The Morgan fingerprint density at radius 1 is 1.16 bits per heavy atom. The number of aromatic nitrogens is 2. The first-order chi connectivity index (χ1) is 12.1. The van der Waals surface area contributed by atoms with Crippen molar-refractivity contribution in [2.45, 2.75) is 19.6 Å². The standard InChI is InChI=1S/C19H19N3O3/c1-2-22(19(25)17(23)13-8-4-3-5-9-13)12-16-20-15-11-7-6-10-14(15)18(24)21-16/h3-11,17,23H,2,12H2,1H3,(H,20,21,24). The minimum absolute atomic E-state index is 0.124. The van der Waals surface area contributed by atoms with Crippen LogP contribution in [0.15, 0.2) is 59.4 Å². The van der Waals surface area contributed by atoms with Crippen LogP contribution in [0.2, 0.25) is 0 Å². The molecule has 0 fully saturated rings. The first-order valence-corrected chi connectivity index (χ1v) is 8.10. The van der Waals surface area contributed by atoms with Crippen molar-refractivity contribution in [2.24, 2.45) is 0 Å². The molecule has 3 aromatic rings. The molecule has 6 heteroatoms. The molecule has 0 saturated heterocycles. The maximum atomic E-state index is 12.6. The summed E-state index contributed by atoms with van der Waals surface area (Å²) in [6.45, 7) is 2.33. The monoisotopic (exact) mass is 337 g/mol. The van der Waals surface area contributed by atoms with Crippen LogP contribution in [0.25, 0.3) is 10.9 Å². The Bertz CT molecular complexity index is 937. The molecule has 1 unspecified atom stereocenters. The number of fused-ring (bicyclic) bond motifs is 1. The van der Waals surface area contributed by atoms with Gasteiger partial charge < -0.3 is 15.0 Å². The summed E-state index contributed by atoms with van der Waals surface area (Å²) in [5.41, 5.74) is 0.868. The van der Waals surface area contributed by atoms with Gasteiger partial charge in [0.15, 0.2) is 6.10 Å². The fourth-order valence-corrected chi connectivity index (χ4v) is 2.69. The molecule has 25 heavy (non-hydrogen) atoms. The minimum atomic E-state index is -1.24. The number of hydrogen-bond acceptors (Lipinski definition) is 4. The summed E-state index contributed by atoms with van der Waals surface area (Å²) in [6.07, 6.45) is -1.24. The van der Waals surface area contributed by atoms with Crippen molar-refractivity contribution < 1.29 is 9.90 Å². The highest BCUT2D eigenvalue weighted by atomic mass is 16.3. The van der Waals surface area contributed by atoms with Gasteiger partial charge in [-0.2, -0.15) is 0 Å². The third kappa shape index (κ3) is 3.59. The first kappa shape index (κ1) is 16.9. The highest BCUT2D eigenvalue weighted by Gasteiger charge is 2.23. The Kier molecular flexibility index (Phi) is 4.90. The van der Waals surface area contributed by atoms with E-state index in [9.17, 15) is 14.7 Å². The van der Waals surface area contributed by atoms with E-state index in [-0.39, 0.29) is 12.1 Å². The van der Waals surface area contributed by atoms with E-state index in [1.165, 1.54) is 4.90 Å². The van der Waals surface area contributed by atoms with E-state index in [4.69, 9.17) is 0 Å². The lowest BCUT2D eigenvalue weighted by Crippen LogP contribution is -2.35. The predicted molar refractivity (Wildman–Crippen MR) is 94.9 cm³/mol. The smallest absolute Gasteiger partial charge is 0.258 e. The van der Waals surface area contributed by atoms with Crippen molar-refractivity contribution in [3.63, 3.8) is 0 Å². The normalized spacial score (nSPS) is 12.1. The first-order valence-electron chi connectivity index (χ1n) is 8.10. The average molecular weight is 337 g/mol. The lowest BCUT2D eigenvalue weighted by molar-refractivity contribution is -0.141. The molecule has 2 aromatic carbocycles.